The minimum absolute atomic E-state index is 0.146. The molecule has 112 valence electrons. The van der Waals surface area contributed by atoms with Gasteiger partial charge in [-0.15, -0.1) is 11.6 Å². The van der Waals surface area contributed by atoms with E-state index in [1.54, 1.807) is 19.2 Å². The van der Waals surface area contributed by atoms with Crippen LogP contribution < -0.4 is 4.74 Å². The maximum absolute atomic E-state index is 12.4. The molecule has 0 unspecified atom stereocenters. The molecule has 0 N–H and O–H groups in total. The van der Waals surface area contributed by atoms with Gasteiger partial charge in [0.1, 0.15) is 5.75 Å². The van der Waals surface area contributed by atoms with Crippen molar-refractivity contribution in [2.75, 3.05) is 26.1 Å². The Morgan fingerprint density at radius 3 is 2.50 bits per heavy atom. The van der Waals surface area contributed by atoms with Crippen molar-refractivity contribution in [3.05, 3.63) is 29.8 Å². The van der Waals surface area contributed by atoms with Gasteiger partial charge < -0.3 is 9.64 Å². The van der Waals surface area contributed by atoms with Crippen molar-refractivity contribution in [1.29, 1.82) is 0 Å². The molecule has 0 bridgehead atoms. The molecule has 0 fully saturated rings. The van der Waals surface area contributed by atoms with Gasteiger partial charge in [0.05, 0.1) is 13.7 Å². The summed E-state index contributed by atoms with van der Waals surface area (Å²) in [5.41, 5.74) is 0.960. The summed E-state index contributed by atoms with van der Waals surface area (Å²) in [7, 11) is 1.58. The van der Waals surface area contributed by atoms with E-state index in [4.69, 9.17) is 16.3 Å². The molecule has 1 aromatic rings. The maximum atomic E-state index is 12.4. The van der Waals surface area contributed by atoms with E-state index < -0.39 is 13.0 Å². The fourth-order valence-corrected chi connectivity index (χ4v) is 1.99. The van der Waals surface area contributed by atoms with Gasteiger partial charge in [0.25, 0.3) is 6.43 Å². The Morgan fingerprint density at radius 2 is 2.00 bits per heavy atom. The molecule has 0 saturated heterocycles. The fourth-order valence-electron chi connectivity index (χ4n) is 1.79. The molecule has 1 rings (SSSR count). The van der Waals surface area contributed by atoms with E-state index in [0.29, 0.717) is 6.42 Å². The number of carbonyl (C=O) groups excluding carboxylic acids is 1. The number of halogens is 3. The first-order valence-electron chi connectivity index (χ1n) is 6.31. The fraction of sp³-hybridized carbons (Fsp3) is 0.500. The quantitative estimate of drug-likeness (QED) is 0.691. The molecule has 0 heterocycles. The average molecular weight is 306 g/mol. The molecule has 6 heteroatoms. The Bertz CT molecular complexity index is 412. The molecule has 3 nitrogen and oxygen atoms in total. The third-order valence-corrected chi connectivity index (χ3v) is 3.02. The molecule has 0 spiro atoms. The standard InChI is InChI=1S/C14H18ClF2NO2/c1-20-12-5-2-11(3-6-12)4-7-14(19)18(9-8-15)10-13(16)17/h2-3,5-6,13H,4,7-10H2,1H3. The highest BCUT2D eigenvalue weighted by Gasteiger charge is 2.17. The minimum Gasteiger partial charge on any atom is -0.497 e. The van der Waals surface area contributed by atoms with E-state index in [9.17, 15) is 13.6 Å². The lowest BCUT2D eigenvalue weighted by molar-refractivity contribution is -0.132. The summed E-state index contributed by atoms with van der Waals surface area (Å²) >= 11 is 5.52. The Morgan fingerprint density at radius 1 is 1.35 bits per heavy atom. The van der Waals surface area contributed by atoms with Gasteiger partial charge in [-0.3, -0.25) is 4.79 Å². The molecule has 0 atom stereocenters. The number of methoxy groups -OCH3 is 1. The van der Waals surface area contributed by atoms with Crippen molar-refractivity contribution >= 4 is 17.5 Å². The number of rotatable bonds is 8. The van der Waals surface area contributed by atoms with E-state index in [2.05, 4.69) is 0 Å². The lowest BCUT2D eigenvalue weighted by Gasteiger charge is -2.21. The SMILES string of the molecule is COc1ccc(CCC(=O)N(CCCl)CC(F)F)cc1. The summed E-state index contributed by atoms with van der Waals surface area (Å²) in [4.78, 5) is 13.0. The van der Waals surface area contributed by atoms with Crippen LogP contribution >= 0.6 is 11.6 Å². The number of alkyl halides is 3. The summed E-state index contributed by atoms with van der Waals surface area (Å²) in [6.45, 7) is -0.415. The zero-order valence-electron chi connectivity index (χ0n) is 11.3. The first-order chi connectivity index (χ1) is 9.56. The highest BCUT2D eigenvalue weighted by molar-refractivity contribution is 6.18. The number of carbonyl (C=O) groups is 1. The maximum Gasteiger partial charge on any atom is 0.255 e. The van der Waals surface area contributed by atoms with Gasteiger partial charge in [-0.05, 0) is 24.1 Å². The van der Waals surface area contributed by atoms with E-state index in [1.807, 2.05) is 12.1 Å². The third-order valence-electron chi connectivity index (χ3n) is 2.85. The molecular formula is C14H18ClF2NO2. The van der Waals surface area contributed by atoms with Gasteiger partial charge in [0, 0.05) is 18.8 Å². The number of benzene rings is 1. The summed E-state index contributed by atoms with van der Waals surface area (Å²) in [6.07, 6.45) is -1.84. The van der Waals surface area contributed by atoms with Crippen molar-refractivity contribution in [3.63, 3.8) is 0 Å². The van der Waals surface area contributed by atoms with Crippen LogP contribution in [-0.4, -0.2) is 43.3 Å². The van der Waals surface area contributed by atoms with Crippen LogP contribution in [0.2, 0.25) is 0 Å². The Labute approximate surface area is 122 Å². The molecule has 1 amide bonds. The Balaban J connectivity index is 2.50. The average Bonchev–Trinajstić information content (AvgIpc) is 2.44. The Kier molecular flexibility index (Phi) is 7.30. The Hall–Kier alpha value is -1.36. The van der Waals surface area contributed by atoms with Gasteiger partial charge in [0.2, 0.25) is 5.91 Å². The first kappa shape index (κ1) is 16.7. The van der Waals surface area contributed by atoms with Crippen LogP contribution in [0, 0.1) is 0 Å². The predicted molar refractivity (Wildman–Crippen MR) is 74.6 cm³/mol. The van der Waals surface area contributed by atoms with E-state index >= 15 is 0 Å². The van der Waals surface area contributed by atoms with Crippen molar-refractivity contribution < 1.29 is 18.3 Å². The largest absolute Gasteiger partial charge is 0.497 e. The second-order valence-electron chi connectivity index (χ2n) is 4.27. The number of ether oxygens (including phenoxy) is 1. The van der Waals surface area contributed by atoms with Crippen LogP contribution in [0.15, 0.2) is 24.3 Å². The van der Waals surface area contributed by atoms with E-state index in [1.165, 1.54) is 0 Å². The third kappa shape index (κ3) is 5.74. The summed E-state index contributed by atoms with van der Waals surface area (Å²) in [6, 6.07) is 7.31. The van der Waals surface area contributed by atoms with Crippen molar-refractivity contribution in [2.24, 2.45) is 0 Å². The smallest absolute Gasteiger partial charge is 0.255 e. The van der Waals surface area contributed by atoms with Gasteiger partial charge >= 0.3 is 0 Å². The molecule has 0 radical (unpaired) electrons. The lowest BCUT2D eigenvalue weighted by Crippen LogP contribution is -2.36. The molecule has 1 aromatic carbocycles. The minimum atomic E-state index is -2.54. The van der Waals surface area contributed by atoms with E-state index in [0.717, 1.165) is 16.2 Å². The molecular weight excluding hydrogens is 288 g/mol. The second-order valence-corrected chi connectivity index (χ2v) is 4.65. The highest BCUT2D eigenvalue weighted by atomic mass is 35.5. The molecule has 0 aliphatic heterocycles. The molecule has 0 aliphatic carbocycles. The number of hydrogen-bond donors (Lipinski definition) is 0. The van der Waals surface area contributed by atoms with Gasteiger partial charge in [-0.1, -0.05) is 12.1 Å². The first-order valence-corrected chi connectivity index (χ1v) is 6.85. The van der Waals surface area contributed by atoms with Crippen LogP contribution in [0.4, 0.5) is 8.78 Å². The van der Waals surface area contributed by atoms with Crippen LogP contribution in [0.3, 0.4) is 0 Å². The van der Waals surface area contributed by atoms with Crippen molar-refractivity contribution in [3.8, 4) is 5.75 Å². The van der Waals surface area contributed by atoms with Crippen LogP contribution in [0.5, 0.6) is 5.75 Å². The lowest BCUT2D eigenvalue weighted by atomic mass is 10.1. The van der Waals surface area contributed by atoms with Gasteiger partial charge in [-0.25, -0.2) is 8.78 Å². The van der Waals surface area contributed by atoms with Crippen LogP contribution in [-0.2, 0) is 11.2 Å². The zero-order valence-corrected chi connectivity index (χ0v) is 12.1. The molecule has 0 aliphatic rings. The zero-order chi connectivity index (χ0) is 15.0. The number of aryl methyl sites for hydroxylation is 1. The molecule has 20 heavy (non-hydrogen) atoms. The predicted octanol–water partition coefficient (Wildman–Crippen LogP) is 2.96. The number of hydrogen-bond acceptors (Lipinski definition) is 2. The summed E-state index contributed by atoms with van der Waals surface area (Å²) < 4.78 is 29.8. The van der Waals surface area contributed by atoms with Crippen molar-refractivity contribution in [2.45, 2.75) is 19.3 Å². The second kappa shape index (κ2) is 8.74. The van der Waals surface area contributed by atoms with Crippen LogP contribution in [0.25, 0.3) is 0 Å². The topological polar surface area (TPSA) is 29.5 Å². The van der Waals surface area contributed by atoms with Gasteiger partial charge in [0.15, 0.2) is 0 Å². The summed E-state index contributed by atoms with van der Waals surface area (Å²) in [5.74, 6) is 0.587. The van der Waals surface area contributed by atoms with Crippen LogP contribution in [0.1, 0.15) is 12.0 Å². The molecule has 0 saturated carbocycles. The van der Waals surface area contributed by atoms with Crippen molar-refractivity contribution in [1.82, 2.24) is 4.90 Å². The molecule has 0 aromatic heterocycles. The summed E-state index contributed by atoms with van der Waals surface area (Å²) in [5, 5.41) is 0. The highest BCUT2D eigenvalue weighted by Crippen LogP contribution is 2.13. The normalized spacial score (nSPS) is 10.7. The number of nitrogens with zero attached hydrogens (tertiary/aromatic N) is 1. The monoisotopic (exact) mass is 305 g/mol. The van der Waals surface area contributed by atoms with Gasteiger partial charge in [-0.2, -0.15) is 0 Å². The van der Waals surface area contributed by atoms with E-state index in [-0.39, 0.29) is 24.8 Å². The number of amides is 1.